The lowest BCUT2D eigenvalue weighted by molar-refractivity contribution is 0.738. The van der Waals surface area contributed by atoms with E-state index in [0.29, 0.717) is 5.82 Å². The van der Waals surface area contributed by atoms with Crippen LogP contribution in [0.1, 0.15) is 18.1 Å². The molecule has 112 valence electrons. The van der Waals surface area contributed by atoms with Crippen molar-refractivity contribution in [2.24, 2.45) is 5.73 Å². The standard InChI is InChI=1S/C19H21N3/c1-12-9-19(21)22-18-11-16(7-8-17(12)18)15-5-3-14(4-6-15)10-13(2)20/h3-9,11,13H,10,20H2,1-2H3,(H2,21,22). The summed E-state index contributed by atoms with van der Waals surface area (Å²) in [6.45, 7) is 4.08. The molecule has 2 aromatic carbocycles. The first-order chi connectivity index (χ1) is 10.5. The van der Waals surface area contributed by atoms with E-state index in [0.717, 1.165) is 28.5 Å². The summed E-state index contributed by atoms with van der Waals surface area (Å²) in [5.41, 5.74) is 17.4. The molecule has 0 aliphatic carbocycles. The fourth-order valence-corrected chi connectivity index (χ4v) is 2.81. The van der Waals surface area contributed by atoms with Crippen LogP contribution in [0.2, 0.25) is 0 Å². The minimum Gasteiger partial charge on any atom is -0.384 e. The van der Waals surface area contributed by atoms with Crippen molar-refractivity contribution in [3.63, 3.8) is 0 Å². The molecular weight excluding hydrogens is 270 g/mol. The van der Waals surface area contributed by atoms with Crippen molar-refractivity contribution in [1.29, 1.82) is 0 Å². The van der Waals surface area contributed by atoms with Crippen molar-refractivity contribution in [1.82, 2.24) is 4.98 Å². The number of rotatable bonds is 3. The van der Waals surface area contributed by atoms with Crippen LogP contribution in [0, 0.1) is 6.92 Å². The Kier molecular flexibility index (Phi) is 3.82. The number of benzene rings is 2. The number of anilines is 1. The molecule has 0 saturated carbocycles. The van der Waals surface area contributed by atoms with Gasteiger partial charge in [0.15, 0.2) is 0 Å². The summed E-state index contributed by atoms with van der Waals surface area (Å²) in [6, 6.07) is 17.0. The second-order valence-corrected chi connectivity index (χ2v) is 5.97. The van der Waals surface area contributed by atoms with Crippen molar-refractivity contribution in [2.75, 3.05) is 5.73 Å². The number of nitrogens with two attached hydrogens (primary N) is 2. The van der Waals surface area contributed by atoms with E-state index in [9.17, 15) is 0 Å². The van der Waals surface area contributed by atoms with E-state index < -0.39 is 0 Å². The van der Waals surface area contributed by atoms with Crippen molar-refractivity contribution < 1.29 is 0 Å². The fourth-order valence-electron chi connectivity index (χ4n) is 2.81. The van der Waals surface area contributed by atoms with E-state index in [1.807, 2.05) is 13.0 Å². The van der Waals surface area contributed by atoms with Gasteiger partial charge in [0.1, 0.15) is 5.82 Å². The molecule has 22 heavy (non-hydrogen) atoms. The Hall–Kier alpha value is -2.39. The molecule has 0 amide bonds. The smallest absolute Gasteiger partial charge is 0.124 e. The molecular formula is C19H21N3. The average molecular weight is 291 g/mol. The number of nitrogens with zero attached hydrogens (tertiary/aromatic N) is 1. The van der Waals surface area contributed by atoms with E-state index in [2.05, 4.69) is 54.4 Å². The maximum atomic E-state index is 5.86. The van der Waals surface area contributed by atoms with Gasteiger partial charge in [0.25, 0.3) is 0 Å². The Bertz CT molecular complexity index is 805. The minimum atomic E-state index is 0.182. The van der Waals surface area contributed by atoms with Crippen LogP contribution in [0.5, 0.6) is 0 Å². The SMILES string of the molecule is Cc1cc(N)nc2cc(-c3ccc(CC(C)N)cc3)ccc12. The van der Waals surface area contributed by atoms with E-state index in [4.69, 9.17) is 11.5 Å². The molecule has 0 radical (unpaired) electrons. The quantitative estimate of drug-likeness (QED) is 0.773. The fraction of sp³-hybridized carbons (Fsp3) is 0.211. The summed E-state index contributed by atoms with van der Waals surface area (Å²) in [4.78, 5) is 4.44. The first kappa shape index (κ1) is 14.5. The van der Waals surface area contributed by atoms with E-state index >= 15 is 0 Å². The number of hydrogen-bond donors (Lipinski definition) is 2. The highest BCUT2D eigenvalue weighted by atomic mass is 14.8. The maximum absolute atomic E-state index is 5.86. The van der Waals surface area contributed by atoms with Crippen LogP contribution in [0.3, 0.4) is 0 Å². The van der Waals surface area contributed by atoms with Crippen molar-refractivity contribution >= 4 is 16.7 Å². The zero-order valence-electron chi connectivity index (χ0n) is 13.0. The van der Waals surface area contributed by atoms with Gasteiger partial charge < -0.3 is 11.5 Å². The lowest BCUT2D eigenvalue weighted by Gasteiger charge is -2.09. The third-order valence-electron chi connectivity index (χ3n) is 3.88. The second kappa shape index (κ2) is 5.78. The van der Waals surface area contributed by atoms with Gasteiger partial charge in [-0.15, -0.1) is 0 Å². The molecule has 3 nitrogen and oxygen atoms in total. The summed E-state index contributed by atoms with van der Waals surface area (Å²) in [6.07, 6.45) is 0.898. The molecule has 4 N–H and O–H groups in total. The zero-order valence-corrected chi connectivity index (χ0v) is 13.0. The molecule has 0 aliphatic heterocycles. The van der Waals surface area contributed by atoms with Crippen LogP contribution in [0.15, 0.2) is 48.5 Å². The van der Waals surface area contributed by atoms with Gasteiger partial charge in [0.2, 0.25) is 0 Å². The predicted octanol–water partition coefficient (Wildman–Crippen LogP) is 3.68. The molecule has 1 unspecified atom stereocenters. The number of fused-ring (bicyclic) bond motifs is 1. The van der Waals surface area contributed by atoms with Crippen LogP contribution in [0.25, 0.3) is 22.0 Å². The van der Waals surface area contributed by atoms with Gasteiger partial charge in [-0.05, 0) is 54.7 Å². The molecule has 3 aromatic rings. The van der Waals surface area contributed by atoms with Gasteiger partial charge in [-0.1, -0.05) is 36.4 Å². The van der Waals surface area contributed by atoms with Crippen molar-refractivity contribution in [2.45, 2.75) is 26.3 Å². The number of aryl methyl sites for hydroxylation is 1. The van der Waals surface area contributed by atoms with Gasteiger partial charge in [-0.3, -0.25) is 0 Å². The van der Waals surface area contributed by atoms with Crippen LogP contribution < -0.4 is 11.5 Å². The second-order valence-electron chi connectivity index (χ2n) is 5.97. The van der Waals surface area contributed by atoms with Crippen LogP contribution in [-0.4, -0.2) is 11.0 Å². The molecule has 0 aliphatic rings. The Morgan fingerprint density at radius 1 is 1.00 bits per heavy atom. The van der Waals surface area contributed by atoms with Gasteiger partial charge in [-0.25, -0.2) is 4.98 Å². The Labute approximate surface area is 131 Å². The molecule has 1 aromatic heterocycles. The Morgan fingerprint density at radius 3 is 2.36 bits per heavy atom. The monoisotopic (exact) mass is 291 g/mol. The number of pyridine rings is 1. The number of nitrogen functional groups attached to an aromatic ring is 1. The summed E-state index contributed by atoms with van der Waals surface area (Å²) >= 11 is 0. The first-order valence-corrected chi connectivity index (χ1v) is 7.55. The number of aromatic nitrogens is 1. The third kappa shape index (κ3) is 2.95. The van der Waals surface area contributed by atoms with Crippen LogP contribution in [-0.2, 0) is 6.42 Å². The molecule has 0 saturated heterocycles. The highest BCUT2D eigenvalue weighted by Gasteiger charge is 2.05. The van der Waals surface area contributed by atoms with E-state index in [1.165, 1.54) is 11.1 Å². The molecule has 0 bridgehead atoms. The normalized spacial score (nSPS) is 12.5. The third-order valence-corrected chi connectivity index (χ3v) is 3.88. The van der Waals surface area contributed by atoms with Crippen molar-refractivity contribution in [3.8, 4) is 11.1 Å². The zero-order chi connectivity index (χ0) is 15.7. The molecule has 0 fully saturated rings. The summed E-state index contributed by atoms with van der Waals surface area (Å²) in [5.74, 6) is 0.564. The molecule has 0 spiro atoms. The summed E-state index contributed by atoms with van der Waals surface area (Å²) in [5, 5.41) is 1.14. The Balaban J connectivity index is 1.99. The van der Waals surface area contributed by atoms with Crippen molar-refractivity contribution in [3.05, 3.63) is 59.7 Å². The molecule has 1 atom stereocenters. The van der Waals surface area contributed by atoms with Gasteiger partial charge >= 0.3 is 0 Å². The topological polar surface area (TPSA) is 64.9 Å². The number of hydrogen-bond acceptors (Lipinski definition) is 3. The Morgan fingerprint density at radius 2 is 1.68 bits per heavy atom. The largest absolute Gasteiger partial charge is 0.384 e. The summed E-state index contributed by atoms with van der Waals surface area (Å²) < 4.78 is 0. The van der Waals surface area contributed by atoms with Crippen LogP contribution >= 0.6 is 0 Å². The lowest BCUT2D eigenvalue weighted by Crippen LogP contribution is -2.17. The van der Waals surface area contributed by atoms with Crippen LogP contribution in [0.4, 0.5) is 5.82 Å². The minimum absolute atomic E-state index is 0.182. The molecule has 3 heteroatoms. The average Bonchev–Trinajstić information content (AvgIpc) is 2.46. The van der Waals surface area contributed by atoms with E-state index in [-0.39, 0.29) is 6.04 Å². The lowest BCUT2D eigenvalue weighted by atomic mass is 9.99. The maximum Gasteiger partial charge on any atom is 0.124 e. The molecule has 1 heterocycles. The first-order valence-electron chi connectivity index (χ1n) is 7.55. The highest BCUT2D eigenvalue weighted by molar-refractivity contribution is 5.87. The van der Waals surface area contributed by atoms with Gasteiger partial charge in [-0.2, -0.15) is 0 Å². The highest BCUT2D eigenvalue weighted by Crippen LogP contribution is 2.26. The summed E-state index contributed by atoms with van der Waals surface area (Å²) in [7, 11) is 0. The van der Waals surface area contributed by atoms with Gasteiger partial charge in [0, 0.05) is 11.4 Å². The van der Waals surface area contributed by atoms with Gasteiger partial charge in [0.05, 0.1) is 5.52 Å². The predicted molar refractivity (Wildman–Crippen MR) is 93.7 cm³/mol. The van der Waals surface area contributed by atoms with E-state index in [1.54, 1.807) is 0 Å². The molecule has 3 rings (SSSR count).